The lowest BCUT2D eigenvalue weighted by molar-refractivity contribution is -0.134. The van der Waals surface area contributed by atoms with Crippen LogP contribution in [0.15, 0.2) is 16.8 Å². The second-order valence-corrected chi connectivity index (χ2v) is 7.71. The van der Waals surface area contributed by atoms with E-state index in [1.165, 1.54) is 0 Å². The van der Waals surface area contributed by atoms with Crippen molar-refractivity contribution in [2.75, 3.05) is 13.1 Å². The second kappa shape index (κ2) is 7.81. The number of thiophene rings is 1. The van der Waals surface area contributed by atoms with Gasteiger partial charge < -0.3 is 15.0 Å². The Morgan fingerprint density at radius 3 is 2.83 bits per heavy atom. The largest absolute Gasteiger partial charge is 0.444 e. The molecule has 2 amide bonds. The van der Waals surface area contributed by atoms with Gasteiger partial charge in [0.25, 0.3) is 0 Å². The van der Waals surface area contributed by atoms with Crippen molar-refractivity contribution >= 4 is 23.3 Å². The van der Waals surface area contributed by atoms with E-state index >= 15 is 0 Å². The first-order valence-electron chi connectivity index (χ1n) is 8.12. The summed E-state index contributed by atoms with van der Waals surface area (Å²) >= 11 is 1.60. The molecule has 1 N–H and O–H groups in total. The zero-order chi connectivity index (χ0) is 16.9. The average molecular weight is 338 g/mol. The smallest absolute Gasteiger partial charge is 0.407 e. The number of carbonyl (C=O) groups excluding carboxylic acids is 2. The van der Waals surface area contributed by atoms with Gasteiger partial charge in [0, 0.05) is 19.1 Å². The van der Waals surface area contributed by atoms with Crippen LogP contribution in [-0.4, -0.2) is 41.6 Å². The molecule has 128 valence electrons. The Morgan fingerprint density at radius 1 is 1.39 bits per heavy atom. The van der Waals surface area contributed by atoms with E-state index in [1.807, 2.05) is 42.5 Å². The molecule has 0 spiro atoms. The molecule has 2 heterocycles. The first kappa shape index (κ1) is 17.8. The van der Waals surface area contributed by atoms with Gasteiger partial charge in [-0.3, -0.25) is 4.79 Å². The number of rotatable bonds is 4. The molecular formula is C17H26N2O3S. The highest BCUT2D eigenvalue weighted by atomic mass is 32.1. The normalized spacial score (nSPS) is 18.6. The number of carbonyl (C=O) groups is 2. The number of piperidine rings is 1. The van der Waals surface area contributed by atoms with Gasteiger partial charge in [-0.05, 0) is 62.4 Å². The fraction of sp³-hybridized carbons (Fsp3) is 0.647. The van der Waals surface area contributed by atoms with Gasteiger partial charge in [0.2, 0.25) is 5.91 Å². The number of amides is 2. The molecule has 6 heteroatoms. The number of nitrogens with one attached hydrogen (secondary N) is 1. The fourth-order valence-electron chi connectivity index (χ4n) is 2.73. The van der Waals surface area contributed by atoms with Crippen LogP contribution in [0.4, 0.5) is 4.79 Å². The SMILES string of the molecule is CC(C)(C)OC(=O)NC[C@@H]1CCCCN1C(=O)Cc1ccsc1. The van der Waals surface area contributed by atoms with E-state index < -0.39 is 11.7 Å². The van der Waals surface area contributed by atoms with Crippen LogP contribution in [-0.2, 0) is 16.0 Å². The van der Waals surface area contributed by atoms with Gasteiger partial charge in [0.1, 0.15) is 5.60 Å². The van der Waals surface area contributed by atoms with Crippen LogP contribution in [0.1, 0.15) is 45.6 Å². The van der Waals surface area contributed by atoms with Gasteiger partial charge in [0.15, 0.2) is 0 Å². The predicted octanol–water partition coefficient (Wildman–Crippen LogP) is 3.20. The Labute approximate surface area is 142 Å². The first-order valence-corrected chi connectivity index (χ1v) is 9.07. The Kier molecular flexibility index (Phi) is 6.04. The quantitative estimate of drug-likeness (QED) is 0.917. The molecule has 1 aliphatic heterocycles. The molecule has 1 aromatic heterocycles. The third-order valence-corrected chi connectivity index (χ3v) is 4.50. The zero-order valence-corrected chi connectivity index (χ0v) is 14.9. The summed E-state index contributed by atoms with van der Waals surface area (Å²) in [5.41, 5.74) is 0.551. The Morgan fingerprint density at radius 2 is 2.17 bits per heavy atom. The predicted molar refractivity (Wildman–Crippen MR) is 91.6 cm³/mol. The number of hydrogen-bond acceptors (Lipinski definition) is 4. The van der Waals surface area contributed by atoms with Crippen LogP contribution in [0.2, 0.25) is 0 Å². The lowest BCUT2D eigenvalue weighted by atomic mass is 10.0. The lowest BCUT2D eigenvalue weighted by Gasteiger charge is -2.36. The Bertz CT molecular complexity index is 522. The lowest BCUT2D eigenvalue weighted by Crippen LogP contribution is -2.50. The minimum Gasteiger partial charge on any atom is -0.444 e. The molecule has 1 fully saturated rings. The first-order chi connectivity index (χ1) is 10.8. The summed E-state index contributed by atoms with van der Waals surface area (Å²) < 4.78 is 5.26. The van der Waals surface area contributed by atoms with E-state index in [-0.39, 0.29) is 11.9 Å². The van der Waals surface area contributed by atoms with Crippen molar-refractivity contribution in [2.24, 2.45) is 0 Å². The number of likely N-dealkylation sites (tertiary alicyclic amines) is 1. The fourth-order valence-corrected chi connectivity index (χ4v) is 3.39. The molecule has 0 aromatic carbocycles. The molecule has 0 saturated carbocycles. The Hall–Kier alpha value is -1.56. The zero-order valence-electron chi connectivity index (χ0n) is 14.1. The molecule has 1 aliphatic rings. The van der Waals surface area contributed by atoms with Crippen LogP contribution in [0, 0.1) is 0 Å². The molecule has 0 radical (unpaired) electrons. The highest BCUT2D eigenvalue weighted by molar-refractivity contribution is 7.07. The van der Waals surface area contributed by atoms with E-state index in [0.717, 1.165) is 31.4 Å². The molecule has 23 heavy (non-hydrogen) atoms. The number of hydrogen-bond donors (Lipinski definition) is 1. The maximum atomic E-state index is 12.5. The van der Waals surface area contributed by atoms with Crippen molar-refractivity contribution in [3.63, 3.8) is 0 Å². The number of nitrogens with zero attached hydrogens (tertiary/aromatic N) is 1. The van der Waals surface area contributed by atoms with E-state index in [2.05, 4.69) is 5.32 Å². The van der Waals surface area contributed by atoms with Crippen LogP contribution in [0.5, 0.6) is 0 Å². The average Bonchev–Trinajstić information content (AvgIpc) is 2.96. The van der Waals surface area contributed by atoms with Gasteiger partial charge in [-0.25, -0.2) is 4.79 Å². The summed E-state index contributed by atoms with van der Waals surface area (Å²) in [6.45, 7) is 6.73. The van der Waals surface area contributed by atoms with Crippen LogP contribution >= 0.6 is 11.3 Å². The van der Waals surface area contributed by atoms with Gasteiger partial charge in [-0.2, -0.15) is 11.3 Å². The van der Waals surface area contributed by atoms with E-state index in [0.29, 0.717) is 13.0 Å². The van der Waals surface area contributed by atoms with Gasteiger partial charge in [-0.1, -0.05) is 0 Å². The summed E-state index contributed by atoms with van der Waals surface area (Å²) in [5.74, 6) is 0.138. The summed E-state index contributed by atoms with van der Waals surface area (Å²) in [4.78, 5) is 26.2. The van der Waals surface area contributed by atoms with Crippen molar-refractivity contribution in [1.82, 2.24) is 10.2 Å². The minimum atomic E-state index is -0.509. The Balaban J connectivity index is 1.88. The molecule has 2 rings (SSSR count). The summed E-state index contributed by atoms with van der Waals surface area (Å²) in [6.07, 6.45) is 3.05. The topological polar surface area (TPSA) is 58.6 Å². The van der Waals surface area contributed by atoms with Gasteiger partial charge in [0.05, 0.1) is 6.42 Å². The molecule has 1 atom stereocenters. The minimum absolute atomic E-state index is 0.0578. The molecule has 0 unspecified atom stereocenters. The molecule has 5 nitrogen and oxygen atoms in total. The highest BCUT2D eigenvalue weighted by Crippen LogP contribution is 2.19. The second-order valence-electron chi connectivity index (χ2n) is 6.93. The van der Waals surface area contributed by atoms with Gasteiger partial charge in [-0.15, -0.1) is 0 Å². The van der Waals surface area contributed by atoms with Gasteiger partial charge >= 0.3 is 6.09 Å². The van der Waals surface area contributed by atoms with Crippen molar-refractivity contribution < 1.29 is 14.3 Å². The van der Waals surface area contributed by atoms with Crippen LogP contribution in [0.3, 0.4) is 0 Å². The van der Waals surface area contributed by atoms with E-state index in [4.69, 9.17) is 4.74 Å². The summed E-state index contributed by atoms with van der Waals surface area (Å²) in [5, 5.41) is 6.80. The van der Waals surface area contributed by atoms with Crippen molar-refractivity contribution in [1.29, 1.82) is 0 Å². The maximum Gasteiger partial charge on any atom is 0.407 e. The van der Waals surface area contributed by atoms with Crippen LogP contribution < -0.4 is 5.32 Å². The third-order valence-electron chi connectivity index (χ3n) is 3.76. The molecule has 0 aliphatic carbocycles. The van der Waals surface area contributed by atoms with Crippen molar-refractivity contribution in [3.8, 4) is 0 Å². The number of ether oxygens (including phenoxy) is 1. The molecule has 0 bridgehead atoms. The van der Waals surface area contributed by atoms with E-state index in [9.17, 15) is 9.59 Å². The highest BCUT2D eigenvalue weighted by Gasteiger charge is 2.27. The van der Waals surface area contributed by atoms with Crippen LogP contribution in [0.25, 0.3) is 0 Å². The van der Waals surface area contributed by atoms with E-state index in [1.54, 1.807) is 11.3 Å². The molecule has 1 saturated heterocycles. The van der Waals surface area contributed by atoms with Crippen molar-refractivity contribution in [2.45, 2.75) is 58.1 Å². The summed E-state index contributed by atoms with van der Waals surface area (Å²) in [6, 6.07) is 2.04. The molecule has 1 aromatic rings. The number of alkyl carbamates (subject to hydrolysis) is 1. The summed E-state index contributed by atoms with van der Waals surface area (Å²) in [7, 11) is 0. The maximum absolute atomic E-state index is 12.5. The standard InChI is InChI=1S/C17H26N2O3S/c1-17(2,3)22-16(21)18-11-14-6-4-5-8-19(14)15(20)10-13-7-9-23-12-13/h7,9,12,14H,4-6,8,10-11H2,1-3H3,(H,18,21)/t14-/m0/s1. The van der Waals surface area contributed by atoms with Crippen molar-refractivity contribution in [3.05, 3.63) is 22.4 Å². The third kappa shape index (κ3) is 5.86. The molecular weight excluding hydrogens is 312 g/mol. The monoisotopic (exact) mass is 338 g/mol.